The van der Waals surface area contributed by atoms with Gasteiger partial charge in [-0.1, -0.05) is 18.2 Å². The summed E-state index contributed by atoms with van der Waals surface area (Å²) >= 11 is 1.96. The van der Waals surface area contributed by atoms with Crippen LogP contribution < -0.4 is 11.3 Å². The van der Waals surface area contributed by atoms with Crippen LogP contribution in [0.5, 0.6) is 0 Å². The van der Waals surface area contributed by atoms with E-state index in [0.29, 0.717) is 11.2 Å². The molecule has 116 valence electrons. The number of hydrazine groups is 1. The van der Waals surface area contributed by atoms with Gasteiger partial charge < -0.3 is 4.74 Å². The Morgan fingerprint density at radius 3 is 2.57 bits per heavy atom. The number of nitrogens with one attached hydrogen (secondary N) is 1. The number of ether oxygens (including phenoxy) is 1. The van der Waals surface area contributed by atoms with Crippen molar-refractivity contribution >= 4 is 11.8 Å². The molecule has 1 saturated heterocycles. The van der Waals surface area contributed by atoms with E-state index >= 15 is 0 Å². The van der Waals surface area contributed by atoms with Crippen LogP contribution >= 0.6 is 11.8 Å². The number of fused-ring (bicyclic) bond motifs is 1. The third-order valence-electron chi connectivity index (χ3n) is 4.84. The van der Waals surface area contributed by atoms with Gasteiger partial charge in [-0.15, -0.1) is 11.8 Å². The van der Waals surface area contributed by atoms with Crippen LogP contribution in [0.25, 0.3) is 0 Å². The molecule has 4 heteroatoms. The van der Waals surface area contributed by atoms with Crippen molar-refractivity contribution in [2.24, 2.45) is 11.8 Å². The van der Waals surface area contributed by atoms with Gasteiger partial charge >= 0.3 is 0 Å². The first kappa shape index (κ1) is 15.3. The van der Waals surface area contributed by atoms with Gasteiger partial charge in [0.05, 0.1) is 11.2 Å². The minimum Gasteiger partial charge on any atom is -0.369 e. The van der Waals surface area contributed by atoms with Crippen molar-refractivity contribution in [1.82, 2.24) is 5.43 Å². The van der Waals surface area contributed by atoms with E-state index in [1.807, 2.05) is 11.8 Å². The highest BCUT2D eigenvalue weighted by molar-refractivity contribution is 8.00. The maximum absolute atomic E-state index is 6.26. The van der Waals surface area contributed by atoms with Crippen molar-refractivity contribution in [2.75, 3.05) is 0 Å². The topological polar surface area (TPSA) is 47.3 Å². The van der Waals surface area contributed by atoms with Gasteiger partial charge in [0.1, 0.15) is 0 Å². The highest BCUT2D eigenvalue weighted by atomic mass is 32.2. The molecule has 2 aliphatic heterocycles. The quantitative estimate of drug-likeness (QED) is 0.665. The van der Waals surface area contributed by atoms with E-state index in [2.05, 4.69) is 57.4 Å². The standard InChI is InChI=1S/C17H26N2OS/c1-16(2)10-12(17(3,4)20-16)15(19-18)14-9-11-7-5-6-8-13(11)21-14/h5-8,12,14-15,19H,9-10,18H2,1-4H3. The summed E-state index contributed by atoms with van der Waals surface area (Å²) in [6.07, 6.45) is 2.13. The summed E-state index contributed by atoms with van der Waals surface area (Å²) in [4.78, 5) is 1.40. The molecular weight excluding hydrogens is 280 g/mol. The molecule has 3 nitrogen and oxygen atoms in total. The lowest BCUT2D eigenvalue weighted by Crippen LogP contribution is -2.52. The second kappa shape index (κ2) is 5.27. The highest BCUT2D eigenvalue weighted by Gasteiger charge is 2.51. The molecule has 2 heterocycles. The Morgan fingerprint density at radius 2 is 2.00 bits per heavy atom. The average Bonchev–Trinajstić information content (AvgIpc) is 2.88. The molecule has 3 atom stereocenters. The first-order valence-electron chi connectivity index (χ1n) is 7.73. The Balaban J connectivity index is 1.81. The molecule has 0 radical (unpaired) electrons. The second-order valence-electron chi connectivity index (χ2n) is 7.44. The van der Waals surface area contributed by atoms with Gasteiger partial charge in [0.15, 0.2) is 0 Å². The summed E-state index contributed by atoms with van der Waals surface area (Å²) < 4.78 is 6.26. The monoisotopic (exact) mass is 306 g/mol. The first-order chi connectivity index (χ1) is 9.82. The number of thioether (sulfide) groups is 1. The molecular formula is C17H26N2OS. The molecule has 3 rings (SSSR count). The smallest absolute Gasteiger partial charge is 0.0678 e. The summed E-state index contributed by atoms with van der Waals surface area (Å²) in [5.74, 6) is 6.38. The Bertz CT molecular complexity index is 504. The van der Waals surface area contributed by atoms with E-state index in [-0.39, 0.29) is 17.2 Å². The van der Waals surface area contributed by atoms with Crippen LogP contribution in [0.2, 0.25) is 0 Å². The van der Waals surface area contributed by atoms with Gasteiger partial charge in [-0.3, -0.25) is 11.3 Å². The van der Waals surface area contributed by atoms with Crippen molar-refractivity contribution in [3.63, 3.8) is 0 Å². The van der Waals surface area contributed by atoms with Crippen LogP contribution in [-0.2, 0) is 11.2 Å². The number of rotatable bonds is 3. The molecule has 0 bridgehead atoms. The van der Waals surface area contributed by atoms with Crippen LogP contribution in [0.4, 0.5) is 0 Å². The van der Waals surface area contributed by atoms with E-state index in [1.165, 1.54) is 10.5 Å². The van der Waals surface area contributed by atoms with Crippen molar-refractivity contribution in [3.8, 4) is 0 Å². The normalized spacial score (nSPS) is 31.1. The molecule has 0 amide bonds. The Hall–Kier alpha value is -0.550. The summed E-state index contributed by atoms with van der Waals surface area (Å²) in [5.41, 5.74) is 4.35. The van der Waals surface area contributed by atoms with Crippen LogP contribution in [-0.4, -0.2) is 22.5 Å². The number of hydrogen-bond donors (Lipinski definition) is 2. The molecule has 3 N–H and O–H groups in total. The molecule has 3 unspecified atom stereocenters. The molecule has 21 heavy (non-hydrogen) atoms. The summed E-state index contributed by atoms with van der Waals surface area (Å²) in [6, 6.07) is 8.95. The van der Waals surface area contributed by atoms with Crippen LogP contribution in [0, 0.1) is 5.92 Å². The summed E-state index contributed by atoms with van der Waals surface area (Å²) in [7, 11) is 0. The SMILES string of the molecule is CC1(C)CC(C(NN)C2Cc3ccccc3S2)C(C)(C)O1. The highest BCUT2D eigenvalue weighted by Crippen LogP contribution is 2.48. The fourth-order valence-corrected chi connectivity index (χ4v) is 5.52. The van der Waals surface area contributed by atoms with Gasteiger partial charge in [0.25, 0.3) is 0 Å². The Kier molecular flexibility index (Phi) is 3.85. The fraction of sp³-hybridized carbons (Fsp3) is 0.647. The lowest BCUT2D eigenvalue weighted by atomic mass is 9.79. The number of nitrogens with two attached hydrogens (primary N) is 1. The van der Waals surface area contributed by atoms with E-state index in [0.717, 1.165) is 12.8 Å². The molecule has 1 aromatic rings. The van der Waals surface area contributed by atoms with E-state index in [4.69, 9.17) is 10.6 Å². The molecule has 1 aromatic carbocycles. The largest absolute Gasteiger partial charge is 0.369 e. The maximum Gasteiger partial charge on any atom is 0.0678 e. The third kappa shape index (κ3) is 2.87. The molecule has 1 fully saturated rings. The van der Waals surface area contributed by atoms with E-state index in [9.17, 15) is 0 Å². The van der Waals surface area contributed by atoms with Gasteiger partial charge in [-0.05, 0) is 52.2 Å². The van der Waals surface area contributed by atoms with Gasteiger partial charge in [-0.25, -0.2) is 0 Å². The summed E-state index contributed by atoms with van der Waals surface area (Å²) in [5, 5.41) is 0.481. The van der Waals surface area contributed by atoms with Gasteiger partial charge in [0, 0.05) is 22.1 Å². The van der Waals surface area contributed by atoms with Crippen LogP contribution in [0.1, 0.15) is 39.7 Å². The zero-order valence-electron chi connectivity index (χ0n) is 13.3. The molecule has 0 spiro atoms. The van der Waals surface area contributed by atoms with Crippen molar-refractivity contribution in [2.45, 2.75) is 67.9 Å². The summed E-state index contributed by atoms with van der Waals surface area (Å²) in [6.45, 7) is 8.75. The predicted molar refractivity (Wildman–Crippen MR) is 88.3 cm³/mol. The van der Waals surface area contributed by atoms with Crippen LogP contribution in [0.3, 0.4) is 0 Å². The molecule has 0 aromatic heterocycles. The second-order valence-corrected chi connectivity index (χ2v) is 8.72. The van der Waals surface area contributed by atoms with Crippen molar-refractivity contribution in [1.29, 1.82) is 0 Å². The first-order valence-corrected chi connectivity index (χ1v) is 8.61. The van der Waals surface area contributed by atoms with Crippen molar-refractivity contribution in [3.05, 3.63) is 29.8 Å². The number of benzene rings is 1. The number of hydrogen-bond acceptors (Lipinski definition) is 4. The predicted octanol–water partition coefficient (Wildman–Crippen LogP) is 3.13. The zero-order valence-corrected chi connectivity index (χ0v) is 14.2. The lowest BCUT2D eigenvalue weighted by molar-refractivity contribution is -0.0777. The van der Waals surface area contributed by atoms with Gasteiger partial charge in [-0.2, -0.15) is 0 Å². The lowest BCUT2D eigenvalue weighted by Gasteiger charge is -2.35. The average molecular weight is 306 g/mol. The maximum atomic E-state index is 6.26. The fourth-order valence-electron chi connectivity index (χ4n) is 4.06. The van der Waals surface area contributed by atoms with Gasteiger partial charge in [0.2, 0.25) is 0 Å². The minimum atomic E-state index is -0.143. The van der Waals surface area contributed by atoms with Crippen LogP contribution in [0.15, 0.2) is 29.2 Å². The minimum absolute atomic E-state index is 0.0701. The molecule has 2 aliphatic rings. The molecule has 0 saturated carbocycles. The van der Waals surface area contributed by atoms with E-state index < -0.39 is 0 Å². The third-order valence-corrected chi connectivity index (χ3v) is 6.26. The molecule has 0 aliphatic carbocycles. The Labute approximate surface area is 132 Å². The Morgan fingerprint density at radius 1 is 1.29 bits per heavy atom. The van der Waals surface area contributed by atoms with E-state index in [1.54, 1.807) is 0 Å². The zero-order chi connectivity index (χ0) is 15.3. The van der Waals surface area contributed by atoms with Crippen molar-refractivity contribution < 1.29 is 4.74 Å².